The second-order valence-corrected chi connectivity index (χ2v) is 3.04. The summed E-state index contributed by atoms with van der Waals surface area (Å²) in [5.74, 6) is -1.10. The Kier molecular flexibility index (Phi) is 5.84. The number of ether oxygens (including phenoxy) is 1. The van der Waals surface area contributed by atoms with Crippen LogP contribution in [0.4, 0.5) is 0 Å². The zero-order valence-electron chi connectivity index (χ0n) is 6.07. The van der Waals surface area contributed by atoms with Gasteiger partial charge in [-0.3, -0.25) is 9.59 Å². The topological polar surface area (TPSA) is 63.6 Å². The van der Waals surface area contributed by atoms with E-state index in [0.29, 0.717) is 0 Å². The number of hydrogen-bond donors (Lipinski definition) is 1. The highest BCUT2D eigenvalue weighted by Crippen LogP contribution is 2.12. The summed E-state index contributed by atoms with van der Waals surface area (Å²) >= 11 is 10.8. The third-order valence-corrected chi connectivity index (χ3v) is 1.84. The van der Waals surface area contributed by atoms with Crippen LogP contribution in [-0.4, -0.2) is 28.5 Å². The molecule has 6 heteroatoms. The molecule has 0 radical (unpaired) electrons. The Labute approximate surface area is 79.4 Å². The number of aliphatic carboxylic acids is 1. The van der Waals surface area contributed by atoms with Crippen molar-refractivity contribution in [3.05, 3.63) is 0 Å². The number of hydrogen-bond acceptors (Lipinski definition) is 3. The SMILES string of the molecule is O=COC(Cl)CCC(Cl)C(=O)O. The Hall–Kier alpha value is -0.480. The summed E-state index contributed by atoms with van der Waals surface area (Å²) in [5, 5.41) is 7.35. The average molecular weight is 215 g/mol. The van der Waals surface area contributed by atoms with E-state index in [1.165, 1.54) is 0 Å². The summed E-state index contributed by atoms with van der Waals surface area (Å²) in [7, 11) is 0. The van der Waals surface area contributed by atoms with E-state index in [-0.39, 0.29) is 19.3 Å². The molecule has 70 valence electrons. The molecular formula is C6H8Cl2O4. The molecule has 12 heavy (non-hydrogen) atoms. The Bertz CT molecular complexity index is 162. The monoisotopic (exact) mass is 214 g/mol. The van der Waals surface area contributed by atoms with Crippen molar-refractivity contribution in [2.45, 2.75) is 23.8 Å². The van der Waals surface area contributed by atoms with Crippen LogP contribution in [0.25, 0.3) is 0 Å². The van der Waals surface area contributed by atoms with Gasteiger partial charge in [0.25, 0.3) is 6.47 Å². The molecule has 0 saturated heterocycles. The third-order valence-electron chi connectivity index (χ3n) is 1.12. The minimum atomic E-state index is -1.10. The van der Waals surface area contributed by atoms with E-state index in [4.69, 9.17) is 28.3 Å². The number of carbonyl (C=O) groups excluding carboxylic acids is 1. The van der Waals surface area contributed by atoms with Crippen molar-refractivity contribution >= 4 is 35.6 Å². The van der Waals surface area contributed by atoms with E-state index in [0.717, 1.165) is 0 Å². The third kappa shape index (κ3) is 5.21. The van der Waals surface area contributed by atoms with Crippen LogP contribution in [0.5, 0.6) is 0 Å². The number of carboxylic acids is 1. The molecule has 2 unspecified atom stereocenters. The van der Waals surface area contributed by atoms with Gasteiger partial charge in [-0.15, -0.1) is 11.6 Å². The quantitative estimate of drug-likeness (QED) is 0.534. The Morgan fingerprint density at radius 2 is 2.08 bits per heavy atom. The first-order valence-corrected chi connectivity index (χ1v) is 4.05. The smallest absolute Gasteiger partial charge is 0.321 e. The Morgan fingerprint density at radius 3 is 2.50 bits per heavy atom. The van der Waals surface area contributed by atoms with Gasteiger partial charge in [0.15, 0.2) is 5.56 Å². The van der Waals surface area contributed by atoms with Gasteiger partial charge in [-0.05, 0) is 6.42 Å². The molecule has 0 aromatic heterocycles. The molecule has 2 atom stereocenters. The minimum Gasteiger partial charge on any atom is -0.480 e. The molecule has 1 N–H and O–H groups in total. The number of alkyl halides is 2. The first kappa shape index (κ1) is 11.5. The molecule has 0 fully saturated rings. The van der Waals surface area contributed by atoms with Crippen molar-refractivity contribution in [1.82, 2.24) is 0 Å². The predicted octanol–water partition coefficient (Wildman–Crippen LogP) is 1.20. The summed E-state index contributed by atoms with van der Waals surface area (Å²) in [5.41, 5.74) is -0.803. The van der Waals surface area contributed by atoms with Crippen LogP contribution >= 0.6 is 23.2 Å². The fourth-order valence-corrected chi connectivity index (χ4v) is 0.823. The van der Waals surface area contributed by atoms with Gasteiger partial charge in [-0.1, -0.05) is 11.6 Å². The summed E-state index contributed by atoms with van der Waals surface area (Å²) in [6, 6.07) is 0. The van der Waals surface area contributed by atoms with E-state index in [9.17, 15) is 9.59 Å². The molecule has 0 spiro atoms. The van der Waals surface area contributed by atoms with Gasteiger partial charge in [0.1, 0.15) is 5.38 Å². The van der Waals surface area contributed by atoms with Crippen molar-refractivity contribution in [3.8, 4) is 0 Å². The largest absolute Gasteiger partial charge is 0.480 e. The summed E-state index contributed by atoms with van der Waals surface area (Å²) in [6.45, 7) is 0.210. The molecular weight excluding hydrogens is 207 g/mol. The van der Waals surface area contributed by atoms with Crippen LogP contribution in [-0.2, 0) is 14.3 Å². The van der Waals surface area contributed by atoms with Crippen LogP contribution in [0.1, 0.15) is 12.8 Å². The maximum atomic E-state index is 10.2. The maximum Gasteiger partial charge on any atom is 0.321 e. The van der Waals surface area contributed by atoms with Gasteiger partial charge in [0.2, 0.25) is 0 Å². The number of carboxylic acid groups (broad SMARTS) is 1. The fourth-order valence-electron chi connectivity index (χ4n) is 0.529. The van der Waals surface area contributed by atoms with Crippen LogP contribution in [0.2, 0.25) is 0 Å². The highest BCUT2D eigenvalue weighted by atomic mass is 35.5. The molecule has 4 nitrogen and oxygen atoms in total. The number of carbonyl (C=O) groups is 2. The lowest BCUT2D eigenvalue weighted by Crippen LogP contribution is -2.15. The van der Waals surface area contributed by atoms with Crippen LogP contribution in [0.15, 0.2) is 0 Å². The first-order chi connectivity index (χ1) is 5.57. The Morgan fingerprint density at radius 1 is 1.50 bits per heavy atom. The van der Waals surface area contributed by atoms with E-state index >= 15 is 0 Å². The normalized spacial score (nSPS) is 14.8. The van der Waals surface area contributed by atoms with E-state index in [1.54, 1.807) is 0 Å². The van der Waals surface area contributed by atoms with Crippen LogP contribution < -0.4 is 0 Å². The molecule has 0 aliphatic heterocycles. The minimum absolute atomic E-state index is 0.166. The standard InChI is InChI=1S/C6H8Cl2O4/c7-4(6(10)11)1-2-5(8)12-3-9/h3-5H,1-2H2,(H,10,11). The molecule has 0 heterocycles. The molecule has 0 rings (SSSR count). The molecule has 0 aliphatic rings. The Balaban J connectivity index is 3.53. The highest BCUT2D eigenvalue weighted by Gasteiger charge is 2.15. The number of rotatable bonds is 6. The second kappa shape index (κ2) is 6.08. The molecule has 0 bridgehead atoms. The van der Waals surface area contributed by atoms with Gasteiger partial charge >= 0.3 is 5.97 Å². The van der Waals surface area contributed by atoms with Crippen molar-refractivity contribution in [2.24, 2.45) is 0 Å². The predicted molar refractivity (Wildman–Crippen MR) is 43.3 cm³/mol. The maximum absolute atomic E-state index is 10.2. The zero-order valence-corrected chi connectivity index (χ0v) is 7.59. The van der Waals surface area contributed by atoms with Gasteiger partial charge in [-0.25, -0.2) is 0 Å². The second-order valence-electron chi connectivity index (χ2n) is 2.03. The summed E-state index contributed by atoms with van der Waals surface area (Å²) in [4.78, 5) is 19.9. The van der Waals surface area contributed by atoms with E-state index < -0.39 is 16.9 Å². The number of halogens is 2. The van der Waals surface area contributed by atoms with Crippen LogP contribution in [0.3, 0.4) is 0 Å². The van der Waals surface area contributed by atoms with Gasteiger partial charge in [-0.2, -0.15) is 0 Å². The van der Waals surface area contributed by atoms with Gasteiger partial charge in [0.05, 0.1) is 0 Å². The summed E-state index contributed by atoms with van der Waals surface area (Å²) in [6.07, 6.45) is 0.389. The van der Waals surface area contributed by atoms with Gasteiger partial charge < -0.3 is 9.84 Å². The summed E-state index contributed by atoms with van der Waals surface area (Å²) < 4.78 is 4.31. The molecule has 0 saturated carbocycles. The molecule has 0 aromatic rings. The van der Waals surface area contributed by atoms with Crippen molar-refractivity contribution in [3.63, 3.8) is 0 Å². The highest BCUT2D eigenvalue weighted by molar-refractivity contribution is 6.29. The zero-order chi connectivity index (χ0) is 9.56. The average Bonchev–Trinajstić information content (AvgIpc) is 2.00. The first-order valence-electron chi connectivity index (χ1n) is 3.18. The van der Waals surface area contributed by atoms with Crippen molar-refractivity contribution in [1.29, 1.82) is 0 Å². The molecule has 0 amide bonds. The van der Waals surface area contributed by atoms with E-state index in [2.05, 4.69) is 4.74 Å². The molecule has 0 aromatic carbocycles. The molecule has 0 aliphatic carbocycles. The lowest BCUT2D eigenvalue weighted by Gasteiger charge is -2.07. The van der Waals surface area contributed by atoms with Crippen LogP contribution in [0, 0.1) is 0 Å². The lowest BCUT2D eigenvalue weighted by atomic mass is 10.2. The van der Waals surface area contributed by atoms with Crippen molar-refractivity contribution in [2.75, 3.05) is 0 Å². The fraction of sp³-hybridized carbons (Fsp3) is 0.667. The lowest BCUT2D eigenvalue weighted by molar-refractivity contribution is -0.136. The van der Waals surface area contributed by atoms with Gasteiger partial charge in [0, 0.05) is 6.42 Å². The van der Waals surface area contributed by atoms with Crippen molar-refractivity contribution < 1.29 is 19.4 Å². The van der Waals surface area contributed by atoms with E-state index in [1.807, 2.05) is 0 Å².